The number of hydrogen-bond donors (Lipinski definition) is 0. The summed E-state index contributed by atoms with van der Waals surface area (Å²) in [6.07, 6.45) is 0. The molecule has 1 aromatic rings. The molecule has 1 radical (unpaired) electrons. The maximum Gasteiger partial charge on any atom is 0.178 e. The fourth-order valence-electron chi connectivity index (χ4n) is 0.740. The lowest BCUT2D eigenvalue weighted by atomic mass is 10.3. The first-order valence-corrected chi connectivity index (χ1v) is 3.73. The van der Waals surface area contributed by atoms with Gasteiger partial charge in [0, 0.05) is 0 Å². The van der Waals surface area contributed by atoms with Gasteiger partial charge in [-0.05, 0) is 38.4 Å². The van der Waals surface area contributed by atoms with Gasteiger partial charge in [0.1, 0.15) is 12.5 Å². The third kappa shape index (κ3) is 2.80. The second kappa shape index (κ2) is 3.97. The number of rotatable bonds is 3. The topological polar surface area (TPSA) is 32.4 Å². The Labute approximate surface area is 72.2 Å². The molecule has 0 saturated heterocycles. The highest BCUT2D eigenvalue weighted by atomic mass is 16.5. The molecule has 0 aliphatic carbocycles. The Morgan fingerprint density at radius 1 is 1.25 bits per heavy atom. The molecule has 0 spiro atoms. The maximum atomic E-state index is 10.7. The van der Waals surface area contributed by atoms with Gasteiger partial charge in [-0.3, -0.25) is 10.0 Å². The van der Waals surface area contributed by atoms with E-state index in [0.29, 0.717) is 6.73 Å². The van der Waals surface area contributed by atoms with Crippen molar-refractivity contribution in [3.8, 4) is 11.5 Å². The molecule has 0 atom stereocenters. The van der Waals surface area contributed by atoms with E-state index < -0.39 is 0 Å². The molecule has 0 heterocycles. The van der Waals surface area contributed by atoms with Crippen molar-refractivity contribution in [3.05, 3.63) is 24.3 Å². The van der Waals surface area contributed by atoms with Crippen molar-refractivity contribution in [2.24, 2.45) is 0 Å². The zero-order chi connectivity index (χ0) is 8.97. The zero-order valence-electron chi connectivity index (χ0n) is 7.28. The highest BCUT2D eigenvalue weighted by Gasteiger charge is 1.94. The Bertz CT molecular complexity index is 231. The van der Waals surface area contributed by atoms with E-state index in [9.17, 15) is 5.11 Å². The van der Waals surface area contributed by atoms with Gasteiger partial charge in [-0.25, -0.2) is 0 Å². The molecule has 1 rings (SSSR count). The first kappa shape index (κ1) is 8.87. The van der Waals surface area contributed by atoms with Crippen LogP contribution in [0, 0.1) is 0 Å². The van der Waals surface area contributed by atoms with Crippen molar-refractivity contribution in [2.75, 3.05) is 20.8 Å². The van der Waals surface area contributed by atoms with E-state index in [-0.39, 0.29) is 5.75 Å². The van der Waals surface area contributed by atoms with E-state index in [1.54, 1.807) is 12.1 Å². The highest BCUT2D eigenvalue weighted by Crippen LogP contribution is 2.16. The Balaban J connectivity index is 2.48. The van der Waals surface area contributed by atoms with Gasteiger partial charge in [0.05, 0.1) is 0 Å². The van der Waals surface area contributed by atoms with Crippen LogP contribution in [0.1, 0.15) is 0 Å². The third-order valence-electron chi connectivity index (χ3n) is 1.31. The predicted octanol–water partition coefficient (Wildman–Crippen LogP) is 1.73. The van der Waals surface area contributed by atoms with Gasteiger partial charge in [-0.15, -0.1) is 0 Å². The van der Waals surface area contributed by atoms with Gasteiger partial charge in [-0.1, -0.05) is 0 Å². The summed E-state index contributed by atoms with van der Waals surface area (Å²) in [6, 6.07) is 6.33. The average Bonchev–Trinajstić information content (AvgIpc) is 2.03. The van der Waals surface area contributed by atoms with Crippen LogP contribution in [0.15, 0.2) is 24.3 Å². The number of nitrogens with zero attached hydrogens (tertiary/aromatic N) is 1. The van der Waals surface area contributed by atoms with E-state index in [1.807, 2.05) is 19.0 Å². The Morgan fingerprint density at radius 3 is 2.33 bits per heavy atom. The molecule has 0 fully saturated rings. The van der Waals surface area contributed by atoms with Crippen LogP contribution in [0.4, 0.5) is 0 Å². The largest absolute Gasteiger partial charge is 0.478 e. The highest BCUT2D eigenvalue weighted by molar-refractivity contribution is 5.29. The number of ether oxygens (including phenoxy) is 1. The van der Waals surface area contributed by atoms with Gasteiger partial charge >= 0.3 is 0 Å². The van der Waals surface area contributed by atoms with E-state index in [4.69, 9.17) is 4.74 Å². The molecule has 3 heteroatoms. The molecule has 12 heavy (non-hydrogen) atoms. The fourth-order valence-corrected chi connectivity index (χ4v) is 0.740. The van der Waals surface area contributed by atoms with Crippen LogP contribution in [0.2, 0.25) is 0 Å². The van der Waals surface area contributed by atoms with Gasteiger partial charge in [0.25, 0.3) is 0 Å². The van der Waals surface area contributed by atoms with E-state index >= 15 is 0 Å². The zero-order valence-corrected chi connectivity index (χ0v) is 7.28. The van der Waals surface area contributed by atoms with Gasteiger partial charge in [0.2, 0.25) is 0 Å². The lowest BCUT2D eigenvalue weighted by Crippen LogP contribution is -2.18. The standard InChI is InChI=1S/C9H12NO2/c1-10(2)7-12-9-5-3-8(11)4-6-9/h3-6H,7H2,1-2H3. The van der Waals surface area contributed by atoms with Gasteiger partial charge in [-0.2, -0.15) is 0 Å². The maximum absolute atomic E-state index is 10.7. The molecule has 0 saturated carbocycles. The van der Waals surface area contributed by atoms with Crippen LogP contribution in [0.25, 0.3) is 0 Å². The van der Waals surface area contributed by atoms with Crippen molar-refractivity contribution in [1.29, 1.82) is 0 Å². The predicted molar refractivity (Wildman–Crippen MR) is 45.8 cm³/mol. The Hall–Kier alpha value is -1.22. The summed E-state index contributed by atoms with van der Waals surface area (Å²) in [4.78, 5) is 1.91. The van der Waals surface area contributed by atoms with Crippen molar-refractivity contribution < 1.29 is 9.84 Å². The van der Waals surface area contributed by atoms with Crippen LogP contribution >= 0.6 is 0 Å². The summed E-state index contributed by atoms with van der Waals surface area (Å²) in [6.45, 7) is 0.526. The molecule has 0 amide bonds. The average molecular weight is 166 g/mol. The summed E-state index contributed by atoms with van der Waals surface area (Å²) in [5, 5.41) is 10.7. The van der Waals surface area contributed by atoms with Crippen LogP contribution in [0.3, 0.4) is 0 Å². The molecular weight excluding hydrogens is 154 g/mol. The second-order valence-electron chi connectivity index (χ2n) is 2.82. The van der Waals surface area contributed by atoms with E-state index in [2.05, 4.69) is 0 Å². The Kier molecular flexibility index (Phi) is 2.94. The molecule has 0 aliphatic rings. The molecule has 0 N–H and O–H groups in total. The second-order valence-corrected chi connectivity index (χ2v) is 2.82. The van der Waals surface area contributed by atoms with E-state index in [1.165, 1.54) is 12.1 Å². The fraction of sp³-hybridized carbons (Fsp3) is 0.333. The summed E-state index contributed by atoms with van der Waals surface area (Å²) in [5.41, 5.74) is 0. The van der Waals surface area contributed by atoms with Crippen LogP contribution < -0.4 is 4.74 Å². The number of hydrogen-bond acceptors (Lipinski definition) is 2. The quantitative estimate of drug-likeness (QED) is 0.640. The minimum atomic E-state index is 0.00667. The summed E-state index contributed by atoms with van der Waals surface area (Å²) < 4.78 is 5.31. The molecule has 0 unspecified atom stereocenters. The van der Waals surface area contributed by atoms with Crippen molar-refractivity contribution in [2.45, 2.75) is 0 Å². The van der Waals surface area contributed by atoms with Crippen LogP contribution in [-0.4, -0.2) is 25.7 Å². The molecule has 1 aromatic carbocycles. The normalized spacial score (nSPS) is 10.2. The molecule has 0 aromatic heterocycles. The van der Waals surface area contributed by atoms with E-state index in [0.717, 1.165) is 5.75 Å². The number of benzene rings is 1. The summed E-state index contributed by atoms with van der Waals surface area (Å²) in [5.74, 6) is 0.732. The van der Waals surface area contributed by atoms with Crippen molar-refractivity contribution in [1.82, 2.24) is 4.90 Å². The van der Waals surface area contributed by atoms with Crippen molar-refractivity contribution >= 4 is 0 Å². The molecule has 3 nitrogen and oxygen atoms in total. The third-order valence-corrected chi connectivity index (χ3v) is 1.31. The minimum absolute atomic E-state index is 0.00667. The van der Waals surface area contributed by atoms with Crippen LogP contribution in [-0.2, 0) is 5.11 Å². The first-order valence-electron chi connectivity index (χ1n) is 3.73. The Morgan fingerprint density at radius 2 is 1.83 bits per heavy atom. The lowest BCUT2D eigenvalue weighted by molar-refractivity contribution is 0.179. The lowest BCUT2D eigenvalue weighted by Gasteiger charge is -2.10. The van der Waals surface area contributed by atoms with Crippen LogP contribution in [0.5, 0.6) is 11.5 Å². The monoisotopic (exact) mass is 166 g/mol. The molecule has 0 bridgehead atoms. The van der Waals surface area contributed by atoms with Gasteiger partial charge in [0.15, 0.2) is 5.75 Å². The molecule has 0 aliphatic heterocycles. The minimum Gasteiger partial charge on any atom is -0.478 e. The molecular formula is C9H12NO2. The van der Waals surface area contributed by atoms with Gasteiger partial charge < -0.3 is 4.74 Å². The first-order chi connectivity index (χ1) is 5.68. The summed E-state index contributed by atoms with van der Waals surface area (Å²) in [7, 11) is 3.84. The SMILES string of the molecule is CN(C)COc1ccc([O])cc1. The smallest absolute Gasteiger partial charge is 0.178 e. The van der Waals surface area contributed by atoms with Crippen molar-refractivity contribution in [3.63, 3.8) is 0 Å². The summed E-state index contributed by atoms with van der Waals surface area (Å²) >= 11 is 0. The molecule has 65 valence electrons.